The molecule has 2 N–H and O–H groups in total. The molecule has 1 aliphatic rings. The number of hydrogen-bond donors (Lipinski definition) is 2. The summed E-state index contributed by atoms with van der Waals surface area (Å²) >= 11 is 0. The van der Waals surface area contributed by atoms with E-state index in [0.29, 0.717) is 11.4 Å². The summed E-state index contributed by atoms with van der Waals surface area (Å²) in [7, 11) is 2.12. The van der Waals surface area contributed by atoms with Crippen LogP contribution in [0.1, 0.15) is 0 Å². The SMILES string of the molecule is CN1CCN(c2ccc(NC(=O)CNc3ccc(F)c(F)c3)cc2)CC1. The topological polar surface area (TPSA) is 47.6 Å². The molecule has 0 aromatic heterocycles. The molecule has 0 spiro atoms. The molecule has 2 aromatic rings. The van der Waals surface area contributed by atoms with Crippen LogP contribution in [0, 0.1) is 11.6 Å². The van der Waals surface area contributed by atoms with Crippen molar-refractivity contribution in [2.24, 2.45) is 0 Å². The number of nitrogens with one attached hydrogen (secondary N) is 2. The zero-order valence-corrected chi connectivity index (χ0v) is 14.6. The smallest absolute Gasteiger partial charge is 0.243 e. The zero-order valence-electron chi connectivity index (χ0n) is 14.6. The van der Waals surface area contributed by atoms with Gasteiger partial charge in [0, 0.05) is 49.3 Å². The fraction of sp³-hybridized carbons (Fsp3) is 0.316. The van der Waals surface area contributed by atoms with E-state index in [4.69, 9.17) is 0 Å². The molecule has 0 unspecified atom stereocenters. The van der Waals surface area contributed by atoms with Crippen LogP contribution < -0.4 is 15.5 Å². The van der Waals surface area contributed by atoms with Gasteiger partial charge >= 0.3 is 0 Å². The summed E-state index contributed by atoms with van der Waals surface area (Å²) in [6.45, 7) is 4.01. The normalized spacial score (nSPS) is 15.0. The highest BCUT2D eigenvalue weighted by Gasteiger charge is 2.14. The van der Waals surface area contributed by atoms with Crippen molar-refractivity contribution in [3.05, 3.63) is 54.1 Å². The Bertz CT molecular complexity index is 759. The maximum absolute atomic E-state index is 13.1. The van der Waals surface area contributed by atoms with Crippen molar-refractivity contribution >= 4 is 23.0 Å². The molecule has 5 nitrogen and oxygen atoms in total. The van der Waals surface area contributed by atoms with Crippen LogP contribution in [0.4, 0.5) is 25.8 Å². The number of nitrogens with zero attached hydrogens (tertiary/aromatic N) is 2. The molecular weight excluding hydrogens is 338 g/mol. The Balaban J connectivity index is 1.50. The number of halogens is 2. The first-order valence-corrected chi connectivity index (χ1v) is 8.53. The lowest BCUT2D eigenvalue weighted by Gasteiger charge is -2.34. The molecule has 0 saturated carbocycles. The Hall–Kier alpha value is -2.67. The number of carbonyl (C=O) groups excluding carboxylic acids is 1. The largest absolute Gasteiger partial charge is 0.376 e. The van der Waals surface area contributed by atoms with Crippen LogP contribution in [-0.2, 0) is 4.79 Å². The highest BCUT2D eigenvalue weighted by molar-refractivity contribution is 5.93. The predicted molar refractivity (Wildman–Crippen MR) is 99.6 cm³/mol. The molecule has 3 rings (SSSR count). The third-order valence-electron chi connectivity index (χ3n) is 4.39. The van der Waals surface area contributed by atoms with Crippen molar-refractivity contribution < 1.29 is 13.6 Å². The third kappa shape index (κ3) is 4.70. The van der Waals surface area contributed by atoms with Gasteiger partial charge in [-0.2, -0.15) is 0 Å². The summed E-state index contributed by atoms with van der Waals surface area (Å²) in [5, 5.41) is 5.55. The van der Waals surface area contributed by atoms with E-state index in [9.17, 15) is 13.6 Å². The summed E-state index contributed by atoms with van der Waals surface area (Å²) in [6.07, 6.45) is 0. The molecule has 0 radical (unpaired) electrons. The van der Waals surface area contributed by atoms with Crippen LogP contribution >= 0.6 is 0 Å². The zero-order chi connectivity index (χ0) is 18.5. The number of amides is 1. The van der Waals surface area contributed by atoms with Gasteiger partial charge in [0.15, 0.2) is 11.6 Å². The van der Waals surface area contributed by atoms with Crippen molar-refractivity contribution in [3.63, 3.8) is 0 Å². The fourth-order valence-electron chi connectivity index (χ4n) is 2.81. The summed E-state index contributed by atoms with van der Waals surface area (Å²) in [5.74, 6) is -2.13. The van der Waals surface area contributed by atoms with E-state index < -0.39 is 11.6 Å². The van der Waals surface area contributed by atoms with E-state index in [2.05, 4.69) is 27.5 Å². The van der Waals surface area contributed by atoms with Crippen LogP contribution in [0.2, 0.25) is 0 Å². The average molecular weight is 360 g/mol. The number of carbonyl (C=O) groups is 1. The number of hydrogen-bond acceptors (Lipinski definition) is 4. The summed E-state index contributed by atoms with van der Waals surface area (Å²) < 4.78 is 26.0. The first-order valence-electron chi connectivity index (χ1n) is 8.53. The van der Waals surface area contributed by atoms with Crippen molar-refractivity contribution in [1.29, 1.82) is 0 Å². The molecule has 138 valence electrons. The van der Waals surface area contributed by atoms with E-state index in [1.54, 1.807) is 0 Å². The molecule has 0 atom stereocenters. The van der Waals surface area contributed by atoms with E-state index in [0.717, 1.165) is 44.0 Å². The van der Waals surface area contributed by atoms with E-state index in [1.165, 1.54) is 6.07 Å². The van der Waals surface area contributed by atoms with E-state index in [-0.39, 0.29) is 12.5 Å². The Morgan fingerprint density at radius 2 is 1.62 bits per heavy atom. The Labute approximate surface area is 151 Å². The first-order chi connectivity index (χ1) is 12.5. The van der Waals surface area contributed by atoms with Gasteiger partial charge in [0.2, 0.25) is 5.91 Å². The maximum atomic E-state index is 13.1. The van der Waals surface area contributed by atoms with Gasteiger partial charge in [-0.25, -0.2) is 8.78 Å². The minimum absolute atomic E-state index is 0.0364. The predicted octanol–water partition coefficient (Wildman–Crippen LogP) is 2.77. The van der Waals surface area contributed by atoms with Crippen molar-refractivity contribution in [2.75, 3.05) is 55.3 Å². The quantitative estimate of drug-likeness (QED) is 0.861. The minimum Gasteiger partial charge on any atom is -0.376 e. The molecule has 0 aliphatic carbocycles. The van der Waals surface area contributed by atoms with Crippen LogP contribution in [0.3, 0.4) is 0 Å². The minimum atomic E-state index is -0.949. The lowest BCUT2D eigenvalue weighted by atomic mass is 10.2. The van der Waals surface area contributed by atoms with Crippen molar-refractivity contribution in [3.8, 4) is 0 Å². The average Bonchev–Trinajstić information content (AvgIpc) is 2.64. The van der Waals surface area contributed by atoms with Gasteiger partial charge in [-0.05, 0) is 43.4 Å². The molecule has 1 fully saturated rings. The highest BCUT2D eigenvalue weighted by atomic mass is 19.2. The van der Waals surface area contributed by atoms with Gasteiger partial charge < -0.3 is 20.4 Å². The maximum Gasteiger partial charge on any atom is 0.243 e. The third-order valence-corrected chi connectivity index (χ3v) is 4.39. The van der Waals surface area contributed by atoms with Gasteiger partial charge in [0.05, 0.1) is 6.54 Å². The first kappa shape index (κ1) is 18.1. The standard InChI is InChI=1S/C19H22F2N4O/c1-24-8-10-25(11-9-24)16-5-2-14(3-6-16)23-19(26)13-22-15-4-7-17(20)18(21)12-15/h2-7,12,22H,8-11,13H2,1H3,(H,23,26). The monoisotopic (exact) mass is 360 g/mol. The molecule has 2 aromatic carbocycles. The summed E-state index contributed by atoms with van der Waals surface area (Å²) in [6, 6.07) is 11.1. The van der Waals surface area contributed by atoms with Crippen LogP contribution in [0.5, 0.6) is 0 Å². The van der Waals surface area contributed by atoms with Crippen LogP contribution in [0.25, 0.3) is 0 Å². The van der Waals surface area contributed by atoms with Crippen LogP contribution in [-0.4, -0.2) is 50.6 Å². The second-order valence-electron chi connectivity index (χ2n) is 6.37. The Kier molecular flexibility index (Phi) is 5.68. The molecule has 1 amide bonds. The number of rotatable bonds is 5. The highest BCUT2D eigenvalue weighted by Crippen LogP contribution is 2.19. The number of piperazine rings is 1. The van der Waals surface area contributed by atoms with Gasteiger partial charge in [-0.3, -0.25) is 4.79 Å². The molecule has 26 heavy (non-hydrogen) atoms. The fourth-order valence-corrected chi connectivity index (χ4v) is 2.81. The number of anilines is 3. The Morgan fingerprint density at radius 3 is 2.27 bits per heavy atom. The molecule has 1 heterocycles. The molecule has 7 heteroatoms. The molecule has 0 bridgehead atoms. The lowest BCUT2D eigenvalue weighted by Crippen LogP contribution is -2.44. The van der Waals surface area contributed by atoms with Gasteiger partial charge in [0.25, 0.3) is 0 Å². The molecular formula is C19H22F2N4O. The molecule has 1 saturated heterocycles. The van der Waals surface area contributed by atoms with Crippen LogP contribution in [0.15, 0.2) is 42.5 Å². The van der Waals surface area contributed by atoms with Crippen molar-refractivity contribution in [2.45, 2.75) is 0 Å². The number of likely N-dealkylation sites (N-methyl/N-ethyl adjacent to an activating group) is 1. The summed E-state index contributed by atoms with van der Waals surface area (Å²) in [5.41, 5.74) is 2.18. The second kappa shape index (κ2) is 8.14. The van der Waals surface area contributed by atoms with Gasteiger partial charge in [-0.15, -0.1) is 0 Å². The van der Waals surface area contributed by atoms with Gasteiger partial charge in [-0.1, -0.05) is 0 Å². The van der Waals surface area contributed by atoms with Crippen molar-refractivity contribution in [1.82, 2.24) is 4.90 Å². The van der Waals surface area contributed by atoms with Gasteiger partial charge in [0.1, 0.15) is 0 Å². The Morgan fingerprint density at radius 1 is 0.962 bits per heavy atom. The summed E-state index contributed by atoms with van der Waals surface area (Å²) in [4.78, 5) is 16.6. The molecule has 1 aliphatic heterocycles. The number of benzene rings is 2. The van der Waals surface area contributed by atoms with E-state index in [1.807, 2.05) is 24.3 Å². The lowest BCUT2D eigenvalue weighted by molar-refractivity contribution is -0.114. The second-order valence-corrected chi connectivity index (χ2v) is 6.37. The van der Waals surface area contributed by atoms with E-state index >= 15 is 0 Å².